The van der Waals surface area contributed by atoms with Crippen LogP contribution in [-0.2, 0) is 35.3 Å². The molecule has 1 aromatic carbocycles. The van der Waals surface area contributed by atoms with Crippen molar-refractivity contribution in [3.8, 4) is 0 Å². The SMILES string of the molecule is CC(=O)N(CC(=O)[C@@]12CC[C@]3(C)[C@](N)(CCC4[C@@]5(C)CC[C@H](OC(=O)CC(C)(C)C(=O)O)C(C)(C)C5CC[C@]43C)C1=C(C(C)C)C(=O)C2)Cc1ccccc1. The quantitative estimate of drug-likeness (QED) is 0.228. The number of fused-ring (bicyclic) bond motifs is 7. The zero-order valence-electron chi connectivity index (χ0n) is 35.1. The maximum absolute atomic E-state index is 14.9. The average Bonchev–Trinajstić information content (AvgIpc) is 3.41. The second-order valence-corrected chi connectivity index (χ2v) is 20.5. The maximum Gasteiger partial charge on any atom is 0.309 e. The summed E-state index contributed by atoms with van der Waals surface area (Å²) >= 11 is 0. The van der Waals surface area contributed by atoms with E-state index < -0.39 is 33.7 Å². The van der Waals surface area contributed by atoms with Gasteiger partial charge in [-0.05, 0) is 116 Å². The van der Waals surface area contributed by atoms with Crippen LogP contribution in [0.25, 0.3) is 0 Å². The normalized spacial score (nSPS) is 36.7. The third-order valence-electron chi connectivity index (χ3n) is 16.6. The van der Waals surface area contributed by atoms with Crippen molar-refractivity contribution in [2.75, 3.05) is 6.54 Å². The molecule has 5 aliphatic rings. The first-order valence-corrected chi connectivity index (χ1v) is 20.7. The summed E-state index contributed by atoms with van der Waals surface area (Å²) in [6.07, 6.45) is 5.89. The molecule has 0 radical (unpaired) electrons. The molecule has 302 valence electrons. The first-order chi connectivity index (χ1) is 25.4. The molecule has 9 nitrogen and oxygen atoms in total. The molecule has 1 aromatic rings. The number of allylic oxidation sites excluding steroid dienone is 1. The number of Topliss-reactive ketones (excluding diaryl/α,β-unsaturated/α-hetero) is 2. The lowest BCUT2D eigenvalue weighted by atomic mass is 9.31. The van der Waals surface area contributed by atoms with Crippen LogP contribution in [0.1, 0.15) is 139 Å². The van der Waals surface area contributed by atoms with Gasteiger partial charge in [0, 0.05) is 30.8 Å². The van der Waals surface area contributed by atoms with Crippen molar-refractivity contribution in [3.63, 3.8) is 0 Å². The molecule has 5 aliphatic carbocycles. The van der Waals surface area contributed by atoms with E-state index in [2.05, 4.69) is 34.6 Å². The van der Waals surface area contributed by atoms with Gasteiger partial charge in [0.2, 0.25) is 5.91 Å². The Morgan fingerprint density at radius 2 is 1.56 bits per heavy atom. The van der Waals surface area contributed by atoms with Crippen LogP contribution in [0.3, 0.4) is 0 Å². The number of rotatable bonds is 10. The summed E-state index contributed by atoms with van der Waals surface area (Å²) in [5.74, 6) is -1.20. The number of ether oxygens (including phenoxy) is 1. The lowest BCUT2D eigenvalue weighted by Crippen LogP contribution is -2.74. The molecule has 0 spiro atoms. The van der Waals surface area contributed by atoms with E-state index in [1.54, 1.807) is 18.7 Å². The molecule has 0 aliphatic heterocycles. The molecule has 0 aromatic heterocycles. The Morgan fingerprint density at radius 3 is 2.16 bits per heavy atom. The summed E-state index contributed by atoms with van der Waals surface area (Å²) < 4.78 is 6.15. The van der Waals surface area contributed by atoms with Crippen LogP contribution in [-0.4, -0.2) is 57.6 Å². The molecule has 0 heterocycles. The molecule has 4 fully saturated rings. The zero-order valence-corrected chi connectivity index (χ0v) is 35.1. The molecule has 1 amide bonds. The molecule has 6 rings (SSSR count). The highest BCUT2D eigenvalue weighted by Gasteiger charge is 2.74. The van der Waals surface area contributed by atoms with Crippen LogP contribution in [0.5, 0.6) is 0 Å². The van der Waals surface area contributed by atoms with Crippen LogP contribution < -0.4 is 5.73 Å². The van der Waals surface area contributed by atoms with E-state index in [-0.39, 0.29) is 71.0 Å². The fraction of sp³-hybridized carbons (Fsp3) is 0.717. The minimum atomic E-state index is -1.20. The van der Waals surface area contributed by atoms with E-state index in [0.29, 0.717) is 38.1 Å². The Balaban J connectivity index is 1.33. The van der Waals surface area contributed by atoms with E-state index in [1.165, 1.54) is 6.92 Å². The molecule has 0 saturated heterocycles. The number of aliphatic carboxylic acids is 1. The van der Waals surface area contributed by atoms with E-state index in [4.69, 9.17) is 10.5 Å². The number of benzene rings is 1. The number of carboxylic acid groups (broad SMARTS) is 1. The standard InChI is InChI=1S/C46H66N2O7/c1-28(2)37-31(50)24-45(34(51)27-48(29(3)49)26-30-14-12-11-13-15-30)23-22-44(10)43(9)20-16-32-41(6,7)35(55-36(52)25-40(4,5)39(53)54)18-19-42(32,8)33(43)17-21-46(44,47)38(37)45/h11-15,28,32-33,35H,16-27,47H2,1-10H3,(H,53,54)/t32?,33?,35-,42-,43+,44-,45-,46-/m0/s1. The van der Waals surface area contributed by atoms with E-state index in [0.717, 1.165) is 42.4 Å². The fourth-order valence-electron chi connectivity index (χ4n) is 13.3. The highest BCUT2D eigenvalue weighted by atomic mass is 16.5. The fourth-order valence-corrected chi connectivity index (χ4v) is 13.3. The number of amides is 1. The first-order valence-electron chi connectivity index (χ1n) is 20.7. The second-order valence-electron chi connectivity index (χ2n) is 20.5. The van der Waals surface area contributed by atoms with Crippen LogP contribution in [0.15, 0.2) is 41.5 Å². The molecule has 0 bridgehead atoms. The van der Waals surface area contributed by atoms with Gasteiger partial charge in [-0.15, -0.1) is 0 Å². The number of ketones is 2. The highest BCUT2D eigenvalue weighted by Crippen LogP contribution is 2.77. The van der Waals surface area contributed by atoms with Crippen LogP contribution >= 0.6 is 0 Å². The van der Waals surface area contributed by atoms with E-state index in [9.17, 15) is 29.1 Å². The largest absolute Gasteiger partial charge is 0.481 e. The van der Waals surface area contributed by atoms with E-state index in [1.807, 2.05) is 44.2 Å². The summed E-state index contributed by atoms with van der Waals surface area (Å²) in [5.41, 5.74) is 6.45. The number of hydrogen-bond donors (Lipinski definition) is 2. The van der Waals surface area contributed by atoms with Crippen molar-refractivity contribution in [3.05, 3.63) is 47.0 Å². The monoisotopic (exact) mass is 758 g/mol. The summed E-state index contributed by atoms with van der Waals surface area (Å²) in [7, 11) is 0. The molecule has 8 atom stereocenters. The van der Waals surface area contributed by atoms with Crippen LogP contribution in [0.4, 0.5) is 0 Å². The predicted octanol–water partition coefficient (Wildman–Crippen LogP) is 8.08. The van der Waals surface area contributed by atoms with E-state index >= 15 is 0 Å². The summed E-state index contributed by atoms with van der Waals surface area (Å²) in [5, 5.41) is 9.63. The number of nitrogens with two attached hydrogens (primary N) is 1. The number of carboxylic acids is 1. The number of carbonyl (C=O) groups is 5. The predicted molar refractivity (Wildman–Crippen MR) is 211 cm³/mol. The Kier molecular flexibility index (Phi) is 10.3. The topological polar surface area (TPSA) is 144 Å². The van der Waals surface area contributed by atoms with Gasteiger partial charge in [-0.1, -0.05) is 78.8 Å². The highest BCUT2D eigenvalue weighted by molar-refractivity contribution is 6.08. The number of hydrogen-bond acceptors (Lipinski definition) is 7. The average molecular weight is 759 g/mol. The molecular weight excluding hydrogens is 693 g/mol. The van der Waals surface area contributed by atoms with Gasteiger partial charge in [0.05, 0.1) is 23.8 Å². The third kappa shape index (κ3) is 6.15. The Morgan fingerprint density at radius 1 is 0.927 bits per heavy atom. The summed E-state index contributed by atoms with van der Waals surface area (Å²) in [6.45, 7) is 20.6. The maximum atomic E-state index is 14.9. The number of esters is 1. The summed E-state index contributed by atoms with van der Waals surface area (Å²) in [6, 6.07) is 9.70. The van der Waals surface area contributed by atoms with Crippen molar-refractivity contribution in [2.24, 2.45) is 56.0 Å². The van der Waals surface area contributed by atoms with Gasteiger partial charge >= 0.3 is 11.9 Å². The van der Waals surface area contributed by atoms with Gasteiger partial charge in [0.15, 0.2) is 11.6 Å². The Bertz CT molecular complexity index is 1800. The minimum Gasteiger partial charge on any atom is -0.481 e. The zero-order chi connectivity index (χ0) is 40.7. The van der Waals surface area contributed by atoms with Gasteiger partial charge in [-0.2, -0.15) is 0 Å². The smallest absolute Gasteiger partial charge is 0.309 e. The molecular formula is C46H66N2O7. The third-order valence-corrected chi connectivity index (χ3v) is 16.6. The Hall–Kier alpha value is -3.33. The number of carbonyl (C=O) groups excluding carboxylic acids is 4. The van der Waals surface area contributed by atoms with Crippen molar-refractivity contribution in [2.45, 2.75) is 152 Å². The molecule has 3 N–H and O–H groups in total. The van der Waals surface area contributed by atoms with Crippen LogP contribution in [0, 0.1) is 50.2 Å². The number of nitrogens with zero attached hydrogens (tertiary/aromatic N) is 1. The molecule has 55 heavy (non-hydrogen) atoms. The molecule has 2 unspecified atom stereocenters. The lowest BCUT2D eigenvalue weighted by molar-refractivity contribution is -0.236. The van der Waals surface area contributed by atoms with Gasteiger partial charge in [-0.3, -0.25) is 24.0 Å². The Labute approximate surface area is 328 Å². The summed E-state index contributed by atoms with van der Waals surface area (Å²) in [4.78, 5) is 68.6. The van der Waals surface area contributed by atoms with Crippen molar-refractivity contribution in [1.29, 1.82) is 0 Å². The first kappa shape index (κ1) is 41.3. The van der Waals surface area contributed by atoms with Gasteiger partial charge in [0.1, 0.15) is 6.10 Å². The van der Waals surface area contributed by atoms with Crippen LogP contribution in [0.2, 0.25) is 0 Å². The van der Waals surface area contributed by atoms with Crippen molar-refractivity contribution >= 4 is 29.4 Å². The molecule has 9 heteroatoms. The minimum absolute atomic E-state index is 0.0224. The molecule has 4 saturated carbocycles. The van der Waals surface area contributed by atoms with Crippen molar-refractivity contribution in [1.82, 2.24) is 4.90 Å². The van der Waals surface area contributed by atoms with Gasteiger partial charge in [0.25, 0.3) is 0 Å². The van der Waals surface area contributed by atoms with Gasteiger partial charge in [-0.25, -0.2) is 0 Å². The van der Waals surface area contributed by atoms with Gasteiger partial charge < -0.3 is 20.5 Å². The lowest BCUT2D eigenvalue weighted by Gasteiger charge is -2.74. The van der Waals surface area contributed by atoms with Crippen molar-refractivity contribution < 1.29 is 33.8 Å². The second kappa shape index (κ2) is 13.7.